The number of benzene rings is 3. The number of hydrogen-bond acceptors (Lipinski definition) is 9. The first kappa shape index (κ1) is 26.6. The Morgan fingerprint density at radius 3 is 2.66 bits per heavy atom. The minimum atomic E-state index is -1.02. The van der Waals surface area contributed by atoms with E-state index in [4.69, 9.17) is 14.2 Å². The third-order valence-electron chi connectivity index (χ3n) is 7.08. The summed E-state index contributed by atoms with van der Waals surface area (Å²) < 4.78 is 17.8. The smallest absolute Gasteiger partial charge is 0.301 e. The number of carbonyl (C=O) groups is 2. The van der Waals surface area contributed by atoms with Gasteiger partial charge in [0.25, 0.3) is 5.78 Å². The number of aliphatic hydroxyl groups is 1. The molecule has 1 fully saturated rings. The first-order chi connectivity index (χ1) is 19.8. The van der Waals surface area contributed by atoms with Crippen molar-refractivity contribution in [3.05, 3.63) is 76.9 Å². The van der Waals surface area contributed by atoms with Crippen LogP contribution in [0, 0.1) is 0 Å². The van der Waals surface area contributed by atoms with Gasteiger partial charge in [0.1, 0.15) is 23.4 Å². The molecule has 10 heteroatoms. The molecule has 2 atom stereocenters. The molecule has 0 aliphatic carbocycles. The van der Waals surface area contributed by atoms with Gasteiger partial charge in [0, 0.05) is 12.0 Å². The first-order valence-electron chi connectivity index (χ1n) is 13.4. The first-order valence-corrected chi connectivity index (χ1v) is 14.2. The van der Waals surface area contributed by atoms with Gasteiger partial charge in [-0.3, -0.25) is 14.5 Å². The van der Waals surface area contributed by atoms with Crippen molar-refractivity contribution < 1.29 is 34.0 Å². The Bertz CT molecular complexity index is 1730. The van der Waals surface area contributed by atoms with Crippen LogP contribution >= 0.6 is 11.3 Å². The monoisotopic (exact) mass is 572 g/mol. The number of phenolic OH excluding ortho intramolecular Hbond substituents is 1. The highest BCUT2D eigenvalue weighted by atomic mass is 32.1. The molecule has 0 radical (unpaired) electrons. The van der Waals surface area contributed by atoms with Gasteiger partial charge in [-0.25, -0.2) is 4.98 Å². The van der Waals surface area contributed by atoms with Crippen LogP contribution in [0.4, 0.5) is 5.13 Å². The molecular weight excluding hydrogens is 544 g/mol. The van der Waals surface area contributed by atoms with Gasteiger partial charge in [0.15, 0.2) is 16.6 Å². The molecule has 4 aromatic rings. The van der Waals surface area contributed by atoms with Crippen molar-refractivity contribution in [2.75, 3.05) is 18.1 Å². The van der Waals surface area contributed by atoms with E-state index in [2.05, 4.69) is 4.98 Å². The Kier molecular flexibility index (Phi) is 6.78. The standard InChI is InChI=1S/C31H28N2O7S/c1-4-38-20-8-9-21-25(15-20)41-31(32-21)33-27(17-6-10-22(34)24(14-17)39-5-2)26(29(36)30(33)37)28(35)18-7-11-23-19(13-18)12-16(3)40-23/h6-11,13-16,27,34-35H,4-5,12H2,1-3H3. The van der Waals surface area contributed by atoms with E-state index in [1.807, 2.05) is 19.9 Å². The van der Waals surface area contributed by atoms with E-state index < -0.39 is 17.7 Å². The average Bonchev–Trinajstić information content (AvgIpc) is 3.62. The predicted octanol–water partition coefficient (Wildman–Crippen LogP) is 5.75. The number of ketones is 1. The van der Waals surface area contributed by atoms with Crippen molar-refractivity contribution in [2.24, 2.45) is 0 Å². The summed E-state index contributed by atoms with van der Waals surface area (Å²) in [6.45, 7) is 6.44. The number of aliphatic hydroxyl groups excluding tert-OH is 1. The van der Waals surface area contributed by atoms with Crippen LogP contribution in [0.5, 0.6) is 23.0 Å². The minimum absolute atomic E-state index is 0.00392. The molecule has 3 aromatic carbocycles. The Labute approximate surface area is 240 Å². The van der Waals surface area contributed by atoms with Crippen molar-refractivity contribution in [1.82, 2.24) is 4.98 Å². The zero-order chi connectivity index (χ0) is 28.8. The van der Waals surface area contributed by atoms with Gasteiger partial charge < -0.3 is 24.4 Å². The van der Waals surface area contributed by atoms with Gasteiger partial charge in [-0.05, 0) is 80.4 Å². The number of aromatic nitrogens is 1. The summed E-state index contributed by atoms with van der Waals surface area (Å²) in [5.74, 6) is -0.434. The quantitative estimate of drug-likeness (QED) is 0.163. The molecule has 0 saturated carbocycles. The van der Waals surface area contributed by atoms with Crippen LogP contribution in [0.2, 0.25) is 0 Å². The summed E-state index contributed by atoms with van der Waals surface area (Å²) in [5, 5.41) is 22.2. The summed E-state index contributed by atoms with van der Waals surface area (Å²) in [4.78, 5) is 33.3. The number of anilines is 1. The number of carbonyl (C=O) groups excluding carboxylic acids is 2. The lowest BCUT2D eigenvalue weighted by molar-refractivity contribution is -0.132. The topological polar surface area (TPSA) is 118 Å². The number of nitrogens with zero attached hydrogens (tertiary/aromatic N) is 2. The predicted molar refractivity (Wildman–Crippen MR) is 155 cm³/mol. The zero-order valence-corrected chi connectivity index (χ0v) is 23.5. The van der Waals surface area contributed by atoms with Crippen LogP contribution < -0.4 is 19.1 Å². The molecule has 1 aromatic heterocycles. The number of amides is 1. The van der Waals surface area contributed by atoms with Crippen LogP contribution in [0.15, 0.2) is 60.2 Å². The fourth-order valence-electron chi connectivity index (χ4n) is 5.29. The minimum Gasteiger partial charge on any atom is -0.507 e. The van der Waals surface area contributed by atoms with E-state index in [0.29, 0.717) is 47.2 Å². The zero-order valence-electron chi connectivity index (χ0n) is 22.7. The Morgan fingerprint density at radius 1 is 1.07 bits per heavy atom. The van der Waals surface area contributed by atoms with E-state index in [-0.39, 0.29) is 28.9 Å². The molecule has 210 valence electrons. The molecular formula is C31H28N2O7S. The molecule has 9 nitrogen and oxygen atoms in total. The van der Waals surface area contributed by atoms with E-state index in [9.17, 15) is 19.8 Å². The molecule has 41 heavy (non-hydrogen) atoms. The fraction of sp³-hybridized carbons (Fsp3) is 0.258. The number of phenols is 1. The molecule has 0 spiro atoms. The number of rotatable bonds is 7. The number of aromatic hydroxyl groups is 1. The normalized spacial score (nSPS) is 19.4. The second kappa shape index (κ2) is 10.4. The highest BCUT2D eigenvalue weighted by molar-refractivity contribution is 7.22. The maximum absolute atomic E-state index is 13.7. The van der Waals surface area contributed by atoms with Crippen LogP contribution in [0.3, 0.4) is 0 Å². The van der Waals surface area contributed by atoms with Crippen LogP contribution in [-0.4, -0.2) is 46.2 Å². The molecule has 2 aliphatic rings. The second-order valence-corrected chi connectivity index (χ2v) is 10.9. The fourth-order valence-corrected chi connectivity index (χ4v) is 6.31. The molecule has 0 bridgehead atoms. The van der Waals surface area contributed by atoms with E-state index in [0.717, 1.165) is 16.0 Å². The lowest BCUT2D eigenvalue weighted by atomic mass is 9.94. The van der Waals surface area contributed by atoms with E-state index in [1.54, 1.807) is 49.4 Å². The molecule has 2 N–H and O–H groups in total. The Morgan fingerprint density at radius 2 is 1.88 bits per heavy atom. The third-order valence-corrected chi connectivity index (χ3v) is 8.10. The molecule has 3 heterocycles. The lowest BCUT2D eigenvalue weighted by Gasteiger charge is -2.23. The Hall–Kier alpha value is -4.57. The van der Waals surface area contributed by atoms with Crippen LogP contribution in [0.1, 0.15) is 43.5 Å². The number of ether oxygens (including phenoxy) is 3. The number of hydrogen-bond donors (Lipinski definition) is 2. The summed E-state index contributed by atoms with van der Waals surface area (Å²) >= 11 is 1.24. The third kappa shape index (κ3) is 4.63. The van der Waals surface area contributed by atoms with Gasteiger partial charge in [-0.2, -0.15) is 0 Å². The van der Waals surface area contributed by atoms with Crippen molar-refractivity contribution in [2.45, 2.75) is 39.3 Å². The summed E-state index contributed by atoms with van der Waals surface area (Å²) in [5.41, 5.74) is 2.34. The van der Waals surface area contributed by atoms with Crippen molar-refractivity contribution >= 4 is 44.1 Å². The van der Waals surface area contributed by atoms with Gasteiger partial charge >= 0.3 is 5.91 Å². The van der Waals surface area contributed by atoms with Gasteiger partial charge in [0.2, 0.25) is 0 Å². The van der Waals surface area contributed by atoms with E-state index >= 15 is 0 Å². The van der Waals surface area contributed by atoms with Crippen molar-refractivity contribution in [3.63, 3.8) is 0 Å². The molecule has 2 aliphatic heterocycles. The number of thiazole rings is 1. The van der Waals surface area contributed by atoms with Gasteiger partial charge in [-0.1, -0.05) is 17.4 Å². The van der Waals surface area contributed by atoms with Crippen molar-refractivity contribution in [3.8, 4) is 23.0 Å². The van der Waals surface area contributed by atoms with Crippen molar-refractivity contribution in [1.29, 1.82) is 0 Å². The van der Waals surface area contributed by atoms with Crippen LogP contribution in [0.25, 0.3) is 16.0 Å². The number of fused-ring (bicyclic) bond motifs is 2. The summed E-state index contributed by atoms with van der Waals surface area (Å²) in [6.07, 6.45) is 0.670. The number of Topliss-reactive ketones (excluding diaryl/α,β-unsaturated/α-hetero) is 1. The molecule has 6 rings (SSSR count). The van der Waals surface area contributed by atoms with Gasteiger partial charge in [0.05, 0.1) is 35.0 Å². The highest BCUT2D eigenvalue weighted by Gasteiger charge is 2.48. The van der Waals surface area contributed by atoms with Gasteiger partial charge in [-0.15, -0.1) is 0 Å². The average molecular weight is 573 g/mol. The second-order valence-electron chi connectivity index (χ2n) is 9.84. The molecule has 1 amide bonds. The Balaban J connectivity index is 1.53. The molecule has 2 unspecified atom stereocenters. The highest BCUT2D eigenvalue weighted by Crippen LogP contribution is 2.46. The summed E-state index contributed by atoms with van der Waals surface area (Å²) in [7, 11) is 0. The SMILES string of the molecule is CCOc1ccc2nc(N3C(=O)C(=O)C(=C(O)c4ccc5c(c4)CC(C)O5)C3c3ccc(O)c(OCC)c3)sc2c1. The summed E-state index contributed by atoms with van der Waals surface area (Å²) in [6, 6.07) is 14.3. The maximum Gasteiger partial charge on any atom is 0.301 e. The largest absolute Gasteiger partial charge is 0.507 e. The maximum atomic E-state index is 13.7. The lowest BCUT2D eigenvalue weighted by Crippen LogP contribution is -2.29. The van der Waals surface area contributed by atoms with E-state index in [1.165, 1.54) is 22.3 Å². The van der Waals surface area contributed by atoms with Crippen LogP contribution in [-0.2, 0) is 16.0 Å². The molecule has 1 saturated heterocycles.